The smallest absolute Gasteiger partial charge is 0.0705 e. The molecule has 0 saturated heterocycles. The summed E-state index contributed by atoms with van der Waals surface area (Å²) in [5.41, 5.74) is 10.2. The Hall–Kier alpha value is -3.98. The van der Waals surface area contributed by atoms with Crippen LogP contribution in [0.3, 0.4) is 0 Å². The summed E-state index contributed by atoms with van der Waals surface area (Å²) in [6.07, 6.45) is 3.87. The van der Waals surface area contributed by atoms with Gasteiger partial charge >= 0.3 is 0 Å². The van der Waals surface area contributed by atoms with Crippen LogP contribution < -0.4 is 4.90 Å². The molecule has 33 heavy (non-hydrogen) atoms. The van der Waals surface area contributed by atoms with Gasteiger partial charge in [-0.25, -0.2) is 0 Å². The third kappa shape index (κ3) is 4.10. The van der Waals surface area contributed by atoms with Crippen LogP contribution in [0.25, 0.3) is 5.57 Å². The molecule has 5 rings (SSSR count). The van der Waals surface area contributed by atoms with E-state index in [2.05, 4.69) is 110 Å². The normalized spacial score (nSPS) is 15.3. The number of hydrogen-bond acceptors (Lipinski definition) is 3. The molecule has 2 aromatic carbocycles. The maximum atomic E-state index is 4.76. The molecular weight excluding hydrogens is 402 g/mol. The van der Waals surface area contributed by atoms with E-state index >= 15 is 0 Å². The standard InChI is InChI=1S/C30H27N3/c1-21-14-16-27(31-18-21)29-23(3)30(28-17-15-22(2)19-32-28)26(29)20-33(24-10-6-4-7-11-24)25-12-8-5-9-13-25/h4-19,29H,3,20H2,1-2H3. The van der Waals surface area contributed by atoms with Crippen LogP contribution in [0.2, 0.25) is 0 Å². The second-order valence-corrected chi connectivity index (χ2v) is 8.60. The van der Waals surface area contributed by atoms with Gasteiger partial charge in [0.25, 0.3) is 0 Å². The summed E-state index contributed by atoms with van der Waals surface area (Å²) in [5, 5.41) is 0. The SMILES string of the molecule is C=C1C(c2ccc(C)cn2)=C(CN(c2ccccc2)c2ccccc2)C1c1ccc(C)cn1. The molecule has 0 bridgehead atoms. The van der Waals surface area contributed by atoms with E-state index in [0.29, 0.717) is 0 Å². The lowest BCUT2D eigenvalue weighted by atomic mass is 9.69. The molecule has 2 heterocycles. The zero-order valence-corrected chi connectivity index (χ0v) is 19.1. The van der Waals surface area contributed by atoms with Crippen LogP contribution in [-0.4, -0.2) is 16.5 Å². The lowest BCUT2D eigenvalue weighted by Crippen LogP contribution is -2.30. The van der Waals surface area contributed by atoms with E-state index in [-0.39, 0.29) is 5.92 Å². The predicted octanol–water partition coefficient (Wildman–Crippen LogP) is 7.04. The summed E-state index contributed by atoms with van der Waals surface area (Å²) >= 11 is 0. The molecule has 162 valence electrons. The molecule has 2 aromatic heterocycles. The fourth-order valence-electron chi connectivity index (χ4n) is 4.47. The number of aryl methyl sites for hydroxylation is 2. The first-order chi connectivity index (χ1) is 16.1. The highest BCUT2D eigenvalue weighted by Gasteiger charge is 2.38. The molecule has 4 aromatic rings. The minimum atomic E-state index is 0.0821. The van der Waals surface area contributed by atoms with E-state index in [1.165, 1.54) is 5.57 Å². The van der Waals surface area contributed by atoms with Gasteiger partial charge in [-0.1, -0.05) is 55.1 Å². The first-order valence-corrected chi connectivity index (χ1v) is 11.3. The van der Waals surface area contributed by atoms with Crippen LogP contribution in [0.1, 0.15) is 28.4 Å². The topological polar surface area (TPSA) is 29.0 Å². The molecule has 0 N–H and O–H groups in total. The Labute approximate surface area is 195 Å². The van der Waals surface area contributed by atoms with Crippen molar-refractivity contribution in [3.8, 4) is 0 Å². The minimum Gasteiger partial charge on any atom is -0.337 e. The quantitative estimate of drug-likeness (QED) is 0.329. The molecule has 3 nitrogen and oxygen atoms in total. The molecule has 0 saturated carbocycles. The number of hydrogen-bond donors (Lipinski definition) is 0. The lowest BCUT2D eigenvalue weighted by Gasteiger charge is -2.39. The first kappa shape index (κ1) is 20.9. The Morgan fingerprint density at radius 2 is 1.30 bits per heavy atom. The second kappa shape index (κ2) is 8.87. The molecule has 3 heteroatoms. The highest BCUT2D eigenvalue weighted by Crippen LogP contribution is 2.51. The number of benzene rings is 2. The molecule has 0 fully saturated rings. The Balaban J connectivity index is 1.62. The van der Waals surface area contributed by atoms with E-state index in [0.717, 1.165) is 51.6 Å². The third-order valence-electron chi connectivity index (χ3n) is 6.20. The van der Waals surface area contributed by atoms with Gasteiger partial charge in [0.05, 0.1) is 11.4 Å². The van der Waals surface area contributed by atoms with Gasteiger partial charge in [-0.2, -0.15) is 0 Å². The molecule has 1 aliphatic carbocycles. The maximum Gasteiger partial charge on any atom is 0.0705 e. The first-order valence-electron chi connectivity index (χ1n) is 11.3. The van der Waals surface area contributed by atoms with Crippen molar-refractivity contribution in [2.24, 2.45) is 0 Å². The summed E-state index contributed by atoms with van der Waals surface area (Å²) in [4.78, 5) is 11.9. The van der Waals surface area contributed by atoms with Crippen molar-refractivity contribution < 1.29 is 0 Å². The van der Waals surface area contributed by atoms with E-state index < -0.39 is 0 Å². The molecule has 0 radical (unpaired) electrons. The maximum absolute atomic E-state index is 4.76. The molecular formula is C30H27N3. The van der Waals surface area contributed by atoms with Crippen molar-refractivity contribution in [2.75, 3.05) is 11.4 Å². The van der Waals surface area contributed by atoms with Crippen molar-refractivity contribution in [2.45, 2.75) is 19.8 Å². The minimum absolute atomic E-state index is 0.0821. The fraction of sp³-hybridized carbons (Fsp3) is 0.133. The lowest BCUT2D eigenvalue weighted by molar-refractivity contribution is 0.808. The number of nitrogens with zero attached hydrogens (tertiary/aromatic N) is 3. The Kier molecular flexibility index (Phi) is 5.62. The Bertz CT molecular complexity index is 1250. The van der Waals surface area contributed by atoms with Crippen molar-refractivity contribution in [3.05, 3.63) is 138 Å². The number of pyridine rings is 2. The van der Waals surface area contributed by atoms with Gasteiger partial charge in [-0.3, -0.25) is 9.97 Å². The number of rotatable bonds is 6. The van der Waals surface area contributed by atoms with E-state index in [4.69, 9.17) is 9.97 Å². The number of para-hydroxylation sites is 2. The predicted molar refractivity (Wildman–Crippen MR) is 137 cm³/mol. The van der Waals surface area contributed by atoms with E-state index in [1.54, 1.807) is 0 Å². The van der Waals surface area contributed by atoms with E-state index in [9.17, 15) is 0 Å². The average molecular weight is 430 g/mol. The zero-order valence-electron chi connectivity index (χ0n) is 19.1. The van der Waals surface area contributed by atoms with Gasteiger partial charge in [0.1, 0.15) is 0 Å². The highest BCUT2D eigenvalue weighted by molar-refractivity contribution is 5.91. The van der Waals surface area contributed by atoms with Crippen LogP contribution >= 0.6 is 0 Å². The van der Waals surface area contributed by atoms with Gasteiger partial charge < -0.3 is 4.90 Å². The van der Waals surface area contributed by atoms with Crippen LogP contribution in [-0.2, 0) is 0 Å². The Morgan fingerprint density at radius 3 is 1.82 bits per heavy atom. The zero-order chi connectivity index (χ0) is 22.8. The number of anilines is 2. The largest absolute Gasteiger partial charge is 0.337 e. The van der Waals surface area contributed by atoms with Crippen molar-refractivity contribution in [1.82, 2.24) is 9.97 Å². The van der Waals surface area contributed by atoms with Crippen LogP contribution in [0.4, 0.5) is 11.4 Å². The van der Waals surface area contributed by atoms with Gasteiger partial charge in [0, 0.05) is 41.8 Å². The monoisotopic (exact) mass is 429 g/mol. The molecule has 0 spiro atoms. The molecule has 0 aliphatic heterocycles. The summed E-state index contributed by atoms with van der Waals surface area (Å²) < 4.78 is 0. The van der Waals surface area contributed by atoms with Crippen molar-refractivity contribution >= 4 is 16.9 Å². The van der Waals surface area contributed by atoms with Crippen LogP contribution in [0.15, 0.2) is 115 Å². The third-order valence-corrected chi connectivity index (χ3v) is 6.20. The second-order valence-electron chi connectivity index (χ2n) is 8.60. The summed E-state index contributed by atoms with van der Waals surface area (Å²) in [7, 11) is 0. The van der Waals surface area contributed by atoms with Gasteiger partial charge in [0.15, 0.2) is 0 Å². The molecule has 0 amide bonds. The molecule has 1 unspecified atom stereocenters. The summed E-state index contributed by atoms with van der Waals surface area (Å²) in [6, 6.07) is 29.5. The van der Waals surface area contributed by atoms with Gasteiger partial charge in [-0.05, 0) is 72.5 Å². The summed E-state index contributed by atoms with van der Waals surface area (Å²) in [5.74, 6) is 0.0821. The number of allylic oxidation sites excluding steroid dienone is 2. The van der Waals surface area contributed by atoms with Crippen LogP contribution in [0, 0.1) is 13.8 Å². The summed E-state index contributed by atoms with van der Waals surface area (Å²) in [6.45, 7) is 9.33. The molecule has 1 atom stereocenters. The van der Waals surface area contributed by atoms with Crippen LogP contribution in [0.5, 0.6) is 0 Å². The average Bonchev–Trinajstić information content (AvgIpc) is 2.85. The molecule has 1 aliphatic rings. The fourth-order valence-corrected chi connectivity index (χ4v) is 4.47. The van der Waals surface area contributed by atoms with Crippen molar-refractivity contribution in [1.29, 1.82) is 0 Å². The van der Waals surface area contributed by atoms with E-state index in [1.807, 2.05) is 12.4 Å². The number of aromatic nitrogens is 2. The highest BCUT2D eigenvalue weighted by atomic mass is 15.1. The Morgan fingerprint density at radius 1 is 0.727 bits per heavy atom. The van der Waals surface area contributed by atoms with Gasteiger partial charge in [0.2, 0.25) is 0 Å². The van der Waals surface area contributed by atoms with Gasteiger partial charge in [-0.15, -0.1) is 0 Å². The van der Waals surface area contributed by atoms with Crippen molar-refractivity contribution in [3.63, 3.8) is 0 Å².